The minimum absolute atomic E-state index is 0.403. The van der Waals surface area contributed by atoms with Gasteiger partial charge in [-0.3, -0.25) is 0 Å². The van der Waals surface area contributed by atoms with Crippen molar-refractivity contribution in [3.63, 3.8) is 0 Å². The summed E-state index contributed by atoms with van der Waals surface area (Å²) in [6.45, 7) is 5.41. The molecule has 1 saturated heterocycles. The Morgan fingerprint density at radius 1 is 1.67 bits per heavy atom. The topological polar surface area (TPSA) is 24.9 Å². The molecule has 0 spiro atoms. The first-order chi connectivity index (χ1) is 7.25. The Kier molecular flexibility index (Phi) is 4.05. The average Bonchev–Trinajstić information content (AvgIpc) is 2.84. The Bertz CT molecular complexity index is 305. The lowest BCUT2D eigenvalue weighted by Crippen LogP contribution is -2.25. The van der Waals surface area contributed by atoms with Crippen LogP contribution in [0.2, 0.25) is 0 Å². The van der Waals surface area contributed by atoms with E-state index in [-0.39, 0.29) is 0 Å². The van der Waals surface area contributed by atoms with Gasteiger partial charge in [-0.1, -0.05) is 0 Å². The molecule has 2 heterocycles. The quantitative estimate of drug-likeness (QED) is 0.879. The predicted molar refractivity (Wildman–Crippen MR) is 68.7 cm³/mol. The Hall–Kier alpha value is -0.0600. The highest BCUT2D eigenvalue weighted by Crippen LogP contribution is 2.23. The standard InChI is InChI=1S/C11H18N2S2/c1-8(11-7-15-9(2)13-11)12-5-10-3-4-14-6-10/h7-8,10,12H,3-6H2,1-2H3. The van der Waals surface area contributed by atoms with Crippen molar-refractivity contribution in [2.24, 2.45) is 5.92 Å². The fourth-order valence-corrected chi connectivity index (χ4v) is 3.76. The van der Waals surface area contributed by atoms with Gasteiger partial charge in [0.1, 0.15) is 0 Å². The number of thiazole rings is 1. The molecule has 1 aromatic heterocycles. The van der Waals surface area contributed by atoms with Crippen LogP contribution in [0.1, 0.15) is 30.1 Å². The van der Waals surface area contributed by atoms with Crippen molar-refractivity contribution in [3.8, 4) is 0 Å². The number of aryl methyl sites for hydroxylation is 1. The van der Waals surface area contributed by atoms with E-state index in [1.54, 1.807) is 11.3 Å². The van der Waals surface area contributed by atoms with Crippen molar-refractivity contribution < 1.29 is 0 Å². The van der Waals surface area contributed by atoms with Crippen LogP contribution in [0.5, 0.6) is 0 Å². The van der Waals surface area contributed by atoms with Crippen molar-refractivity contribution in [1.29, 1.82) is 0 Å². The van der Waals surface area contributed by atoms with Crippen molar-refractivity contribution in [2.75, 3.05) is 18.1 Å². The minimum Gasteiger partial charge on any atom is -0.309 e. The van der Waals surface area contributed by atoms with Gasteiger partial charge in [-0.05, 0) is 44.2 Å². The summed E-state index contributed by atoms with van der Waals surface area (Å²) in [4.78, 5) is 4.51. The molecule has 0 radical (unpaired) electrons. The highest BCUT2D eigenvalue weighted by Gasteiger charge is 2.16. The van der Waals surface area contributed by atoms with Crippen molar-refractivity contribution in [3.05, 3.63) is 16.1 Å². The molecule has 0 amide bonds. The lowest BCUT2D eigenvalue weighted by molar-refractivity contribution is 0.473. The third kappa shape index (κ3) is 3.20. The second kappa shape index (κ2) is 5.32. The first-order valence-corrected chi connectivity index (χ1v) is 7.52. The zero-order valence-corrected chi connectivity index (χ0v) is 11.0. The van der Waals surface area contributed by atoms with Crippen LogP contribution in [-0.2, 0) is 0 Å². The monoisotopic (exact) mass is 242 g/mol. The van der Waals surface area contributed by atoms with E-state index in [9.17, 15) is 0 Å². The van der Waals surface area contributed by atoms with Crippen molar-refractivity contribution in [2.45, 2.75) is 26.3 Å². The number of thioether (sulfide) groups is 1. The molecule has 1 aromatic rings. The number of hydrogen-bond acceptors (Lipinski definition) is 4. The molecule has 1 aliphatic heterocycles. The van der Waals surface area contributed by atoms with Gasteiger partial charge >= 0.3 is 0 Å². The van der Waals surface area contributed by atoms with Crippen LogP contribution in [0.3, 0.4) is 0 Å². The van der Waals surface area contributed by atoms with Crippen LogP contribution in [0.15, 0.2) is 5.38 Å². The Morgan fingerprint density at radius 3 is 3.13 bits per heavy atom. The number of rotatable bonds is 4. The third-order valence-electron chi connectivity index (χ3n) is 2.82. The fourth-order valence-electron chi connectivity index (χ4n) is 1.77. The summed E-state index contributed by atoms with van der Waals surface area (Å²) in [5.74, 6) is 3.55. The van der Waals surface area contributed by atoms with Gasteiger partial charge in [0.05, 0.1) is 10.7 Å². The molecule has 1 fully saturated rings. The number of nitrogens with zero attached hydrogens (tertiary/aromatic N) is 1. The Morgan fingerprint density at radius 2 is 2.53 bits per heavy atom. The highest BCUT2D eigenvalue weighted by atomic mass is 32.2. The van der Waals surface area contributed by atoms with E-state index < -0.39 is 0 Å². The van der Waals surface area contributed by atoms with Gasteiger partial charge in [-0.25, -0.2) is 4.98 Å². The maximum absolute atomic E-state index is 4.51. The molecule has 0 saturated carbocycles. The SMILES string of the molecule is Cc1nc(C(C)NCC2CCSC2)cs1. The highest BCUT2D eigenvalue weighted by molar-refractivity contribution is 7.99. The van der Waals surface area contributed by atoms with E-state index in [1.807, 2.05) is 0 Å². The number of hydrogen-bond donors (Lipinski definition) is 1. The molecule has 0 bridgehead atoms. The summed E-state index contributed by atoms with van der Waals surface area (Å²) < 4.78 is 0. The first kappa shape index (κ1) is 11.4. The summed E-state index contributed by atoms with van der Waals surface area (Å²) in [5, 5.41) is 6.91. The van der Waals surface area contributed by atoms with Crippen molar-refractivity contribution in [1.82, 2.24) is 10.3 Å². The number of aromatic nitrogens is 1. The summed E-state index contributed by atoms with van der Waals surface area (Å²) >= 11 is 3.82. The molecule has 2 rings (SSSR count). The second-order valence-corrected chi connectivity index (χ2v) is 6.36. The number of nitrogens with one attached hydrogen (secondary N) is 1. The predicted octanol–water partition coefficient (Wildman–Crippen LogP) is 2.86. The summed E-state index contributed by atoms with van der Waals surface area (Å²) in [5.41, 5.74) is 1.20. The molecule has 0 aliphatic carbocycles. The molecule has 84 valence electrons. The average molecular weight is 242 g/mol. The molecule has 2 atom stereocenters. The van der Waals surface area contributed by atoms with E-state index in [0.717, 1.165) is 17.5 Å². The van der Waals surface area contributed by atoms with Gasteiger partial charge in [-0.2, -0.15) is 11.8 Å². The molecule has 1 N–H and O–H groups in total. The second-order valence-electron chi connectivity index (χ2n) is 4.15. The zero-order chi connectivity index (χ0) is 10.7. The molecular weight excluding hydrogens is 224 g/mol. The summed E-state index contributed by atoms with van der Waals surface area (Å²) in [6, 6.07) is 0.403. The van der Waals surface area contributed by atoms with Gasteiger partial charge in [0.15, 0.2) is 0 Å². The Labute approximate surface area is 99.9 Å². The zero-order valence-electron chi connectivity index (χ0n) is 9.32. The Balaban J connectivity index is 1.79. The molecular formula is C11H18N2S2. The maximum atomic E-state index is 4.51. The van der Waals surface area contributed by atoms with Crippen molar-refractivity contribution >= 4 is 23.1 Å². The normalized spacial score (nSPS) is 23.2. The lowest BCUT2D eigenvalue weighted by Gasteiger charge is -2.14. The third-order valence-corrected chi connectivity index (χ3v) is 4.84. The minimum atomic E-state index is 0.403. The van der Waals surface area contributed by atoms with E-state index in [2.05, 4.69) is 41.3 Å². The smallest absolute Gasteiger partial charge is 0.0898 e. The van der Waals surface area contributed by atoms with Crippen LogP contribution in [0, 0.1) is 12.8 Å². The first-order valence-electron chi connectivity index (χ1n) is 5.49. The van der Waals surface area contributed by atoms with Gasteiger partial charge in [0.25, 0.3) is 0 Å². The molecule has 15 heavy (non-hydrogen) atoms. The molecule has 1 aliphatic rings. The van der Waals surface area contributed by atoms with E-state index in [0.29, 0.717) is 6.04 Å². The molecule has 2 unspecified atom stereocenters. The molecule has 4 heteroatoms. The lowest BCUT2D eigenvalue weighted by atomic mass is 10.1. The van der Waals surface area contributed by atoms with Crippen LogP contribution < -0.4 is 5.32 Å². The van der Waals surface area contributed by atoms with Gasteiger partial charge < -0.3 is 5.32 Å². The van der Waals surface area contributed by atoms with E-state index >= 15 is 0 Å². The summed E-state index contributed by atoms with van der Waals surface area (Å²) in [6.07, 6.45) is 1.38. The van der Waals surface area contributed by atoms with Crippen LogP contribution >= 0.6 is 23.1 Å². The maximum Gasteiger partial charge on any atom is 0.0898 e. The van der Waals surface area contributed by atoms with Gasteiger partial charge in [-0.15, -0.1) is 11.3 Å². The fraction of sp³-hybridized carbons (Fsp3) is 0.727. The molecule has 2 nitrogen and oxygen atoms in total. The van der Waals surface area contributed by atoms with Crippen LogP contribution in [0.25, 0.3) is 0 Å². The van der Waals surface area contributed by atoms with Crippen LogP contribution in [0.4, 0.5) is 0 Å². The summed E-state index contributed by atoms with van der Waals surface area (Å²) in [7, 11) is 0. The molecule has 0 aromatic carbocycles. The van der Waals surface area contributed by atoms with E-state index in [1.165, 1.54) is 23.6 Å². The van der Waals surface area contributed by atoms with Gasteiger partial charge in [0, 0.05) is 11.4 Å². The van der Waals surface area contributed by atoms with Gasteiger partial charge in [0.2, 0.25) is 0 Å². The largest absolute Gasteiger partial charge is 0.309 e. The van der Waals surface area contributed by atoms with Crippen LogP contribution in [-0.4, -0.2) is 23.0 Å². The van der Waals surface area contributed by atoms with E-state index in [4.69, 9.17) is 0 Å².